The molecule has 0 radical (unpaired) electrons. The molecule has 23 heavy (non-hydrogen) atoms. The van der Waals surface area contributed by atoms with Crippen LogP contribution in [-0.2, 0) is 10.0 Å². The van der Waals surface area contributed by atoms with Crippen molar-refractivity contribution in [1.82, 2.24) is 9.21 Å². The molecule has 0 saturated carbocycles. The van der Waals surface area contributed by atoms with Gasteiger partial charge in [-0.1, -0.05) is 26.0 Å². The van der Waals surface area contributed by atoms with Crippen LogP contribution in [0.2, 0.25) is 0 Å². The molecule has 0 aliphatic carbocycles. The summed E-state index contributed by atoms with van der Waals surface area (Å²) in [5.74, 6) is 0.556. The lowest BCUT2D eigenvalue weighted by atomic mass is 9.99. The molecule has 0 spiro atoms. The summed E-state index contributed by atoms with van der Waals surface area (Å²) in [5.41, 5.74) is 2.29. The van der Waals surface area contributed by atoms with Crippen LogP contribution in [0.5, 0.6) is 0 Å². The molecule has 1 atom stereocenters. The number of rotatable bonds is 4. The van der Waals surface area contributed by atoms with Crippen molar-refractivity contribution in [2.24, 2.45) is 0 Å². The SMILES string of the molecule is CC[C@H](C)c1ccc(NC(=S)N2CCN(S(C)(=O)=O)CC2)cc1. The van der Waals surface area contributed by atoms with Crippen molar-refractivity contribution < 1.29 is 8.42 Å². The van der Waals surface area contributed by atoms with Crippen molar-refractivity contribution in [3.05, 3.63) is 29.8 Å². The van der Waals surface area contributed by atoms with Gasteiger partial charge < -0.3 is 10.2 Å². The molecule has 0 unspecified atom stereocenters. The molecule has 0 aromatic heterocycles. The average Bonchev–Trinajstić information content (AvgIpc) is 2.54. The highest BCUT2D eigenvalue weighted by Gasteiger charge is 2.24. The minimum Gasteiger partial charge on any atom is -0.346 e. The monoisotopic (exact) mass is 355 g/mol. The predicted octanol–water partition coefficient (Wildman–Crippen LogP) is 2.47. The van der Waals surface area contributed by atoms with E-state index in [2.05, 4.69) is 31.3 Å². The maximum atomic E-state index is 11.5. The quantitative estimate of drug-likeness (QED) is 0.841. The van der Waals surface area contributed by atoms with Gasteiger partial charge in [0.05, 0.1) is 6.26 Å². The molecule has 1 aliphatic heterocycles. The largest absolute Gasteiger partial charge is 0.346 e. The first-order chi connectivity index (χ1) is 10.8. The molecule has 1 aliphatic rings. The summed E-state index contributed by atoms with van der Waals surface area (Å²) in [6, 6.07) is 8.34. The summed E-state index contributed by atoms with van der Waals surface area (Å²) in [5, 5.41) is 3.89. The molecule has 128 valence electrons. The summed E-state index contributed by atoms with van der Waals surface area (Å²) in [6.07, 6.45) is 2.37. The van der Waals surface area contributed by atoms with Crippen molar-refractivity contribution in [2.45, 2.75) is 26.2 Å². The third kappa shape index (κ3) is 4.89. The molecule has 0 bridgehead atoms. The minimum absolute atomic E-state index is 0.480. The number of nitrogens with one attached hydrogen (secondary N) is 1. The third-order valence-corrected chi connectivity index (χ3v) is 6.00. The van der Waals surface area contributed by atoms with E-state index < -0.39 is 10.0 Å². The first-order valence-corrected chi connectivity index (χ1v) is 10.2. The van der Waals surface area contributed by atoms with Gasteiger partial charge in [0.1, 0.15) is 0 Å². The zero-order chi connectivity index (χ0) is 17.0. The highest BCUT2D eigenvalue weighted by atomic mass is 32.2. The summed E-state index contributed by atoms with van der Waals surface area (Å²) >= 11 is 5.44. The molecule has 1 heterocycles. The van der Waals surface area contributed by atoms with Crippen molar-refractivity contribution in [2.75, 3.05) is 37.8 Å². The molecule has 1 aromatic carbocycles. The van der Waals surface area contributed by atoms with Crippen LogP contribution >= 0.6 is 12.2 Å². The maximum absolute atomic E-state index is 11.5. The molecular formula is C16H25N3O2S2. The lowest BCUT2D eigenvalue weighted by Gasteiger charge is -2.34. The number of benzene rings is 1. The highest BCUT2D eigenvalue weighted by Crippen LogP contribution is 2.20. The van der Waals surface area contributed by atoms with Gasteiger partial charge in [0.25, 0.3) is 0 Å². The number of nitrogens with zero attached hydrogens (tertiary/aromatic N) is 2. The fourth-order valence-electron chi connectivity index (χ4n) is 2.56. The molecule has 1 saturated heterocycles. The zero-order valence-electron chi connectivity index (χ0n) is 13.9. The number of sulfonamides is 1. The van der Waals surface area contributed by atoms with Crippen LogP contribution in [0.25, 0.3) is 0 Å². The summed E-state index contributed by atoms with van der Waals surface area (Å²) < 4.78 is 24.5. The van der Waals surface area contributed by atoms with Crippen molar-refractivity contribution in [3.63, 3.8) is 0 Å². The van der Waals surface area contributed by atoms with Gasteiger partial charge in [-0.05, 0) is 42.3 Å². The molecule has 1 aromatic rings. The van der Waals surface area contributed by atoms with Crippen LogP contribution in [0.15, 0.2) is 24.3 Å². The second-order valence-corrected chi connectivity index (χ2v) is 8.38. The highest BCUT2D eigenvalue weighted by molar-refractivity contribution is 7.88. The predicted molar refractivity (Wildman–Crippen MR) is 99.4 cm³/mol. The lowest BCUT2D eigenvalue weighted by molar-refractivity contribution is 0.270. The maximum Gasteiger partial charge on any atom is 0.211 e. The van der Waals surface area contributed by atoms with Crippen LogP contribution in [-0.4, -0.2) is 55.2 Å². The van der Waals surface area contributed by atoms with Gasteiger partial charge >= 0.3 is 0 Å². The van der Waals surface area contributed by atoms with Crippen LogP contribution in [0.3, 0.4) is 0 Å². The Bertz CT molecular complexity index is 636. The van der Waals surface area contributed by atoms with Gasteiger partial charge in [0, 0.05) is 31.9 Å². The summed E-state index contributed by atoms with van der Waals surface area (Å²) in [6.45, 7) is 6.59. The fraction of sp³-hybridized carbons (Fsp3) is 0.562. The Morgan fingerprint density at radius 2 is 1.78 bits per heavy atom. The first-order valence-electron chi connectivity index (χ1n) is 7.92. The van der Waals surface area contributed by atoms with Gasteiger partial charge in [0.15, 0.2) is 5.11 Å². The average molecular weight is 356 g/mol. The van der Waals surface area contributed by atoms with Crippen LogP contribution in [0.4, 0.5) is 5.69 Å². The Morgan fingerprint density at radius 1 is 1.22 bits per heavy atom. The van der Waals surface area contributed by atoms with E-state index in [9.17, 15) is 8.42 Å². The fourth-order valence-corrected chi connectivity index (χ4v) is 3.68. The molecule has 7 heteroatoms. The molecular weight excluding hydrogens is 330 g/mol. The van der Waals surface area contributed by atoms with E-state index in [4.69, 9.17) is 12.2 Å². The van der Waals surface area contributed by atoms with Crippen molar-refractivity contribution >= 4 is 33.0 Å². The number of hydrogen-bond donors (Lipinski definition) is 1. The van der Waals surface area contributed by atoms with Crippen molar-refractivity contribution in [3.8, 4) is 0 Å². The number of piperazine rings is 1. The molecule has 1 fully saturated rings. The van der Waals surface area contributed by atoms with E-state index >= 15 is 0 Å². The van der Waals surface area contributed by atoms with Gasteiger partial charge in [-0.15, -0.1) is 0 Å². The van der Waals surface area contributed by atoms with Crippen LogP contribution in [0, 0.1) is 0 Å². The second-order valence-electron chi connectivity index (χ2n) is 6.01. The number of anilines is 1. The van der Waals surface area contributed by atoms with E-state index in [1.807, 2.05) is 17.0 Å². The third-order valence-electron chi connectivity index (χ3n) is 4.34. The Kier molecular flexibility index (Phi) is 6.00. The van der Waals surface area contributed by atoms with Gasteiger partial charge in [-0.2, -0.15) is 4.31 Å². The van der Waals surface area contributed by atoms with E-state index in [1.165, 1.54) is 16.1 Å². The summed E-state index contributed by atoms with van der Waals surface area (Å²) in [4.78, 5) is 2.01. The standard InChI is InChI=1S/C16H25N3O2S2/c1-4-13(2)14-5-7-15(8-6-14)17-16(22)18-9-11-19(12-10-18)23(3,20)21/h5-8,13H,4,9-12H2,1-3H3,(H,17,22)/t13-/m0/s1. The number of thiocarbonyl (C=S) groups is 1. The zero-order valence-corrected chi connectivity index (χ0v) is 15.6. The molecule has 1 N–H and O–H groups in total. The van der Waals surface area contributed by atoms with Gasteiger partial charge in [-0.3, -0.25) is 0 Å². The smallest absolute Gasteiger partial charge is 0.211 e. The van der Waals surface area contributed by atoms with Gasteiger partial charge in [-0.25, -0.2) is 8.42 Å². The minimum atomic E-state index is -3.11. The van der Waals surface area contributed by atoms with E-state index in [0.29, 0.717) is 37.2 Å². The number of hydrogen-bond acceptors (Lipinski definition) is 3. The second kappa shape index (κ2) is 7.59. The summed E-state index contributed by atoms with van der Waals surface area (Å²) in [7, 11) is -3.11. The Hall–Kier alpha value is -1.18. The molecule has 2 rings (SSSR count). The molecule has 0 amide bonds. The lowest BCUT2D eigenvalue weighted by Crippen LogP contribution is -2.51. The normalized spacial score (nSPS) is 17.8. The first kappa shape index (κ1) is 18.2. The Balaban J connectivity index is 1.90. The van der Waals surface area contributed by atoms with E-state index in [-0.39, 0.29) is 0 Å². The topological polar surface area (TPSA) is 52.6 Å². The van der Waals surface area contributed by atoms with Crippen molar-refractivity contribution in [1.29, 1.82) is 0 Å². The molecule has 5 nitrogen and oxygen atoms in total. The Morgan fingerprint density at radius 3 is 2.26 bits per heavy atom. The Labute approximate surface area is 144 Å². The van der Waals surface area contributed by atoms with Gasteiger partial charge in [0.2, 0.25) is 10.0 Å². The van der Waals surface area contributed by atoms with Crippen LogP contribution < -0.4 is 5.32 Å². The van der Waals surface area contributed by atoms with E-state index in [1.54, 1.807) is 0 Å². The van der Waals surface area contributed by atoms with Crippen LogP contribution in [0.1, 0.15) is 31.7 Å². The van der Waals surface area contributed by atoms with E-state index in [0.717, 1.165) is 12.1 Å².